The molecule has 0 spiro atoms. The van der Waals surface area contributed by atoms with E-state index in [1.165, 1.54) is 22.9 Å². The first-order valence-corrected chi connectivity index (χ1v) is 7.38. The van der Waals surface area contributed by atoms with Crippen LogP contribution in [0.4, 0.5) is 11.4 Å². The number of thioether (sulfide) groups is 1. The van der Waals surface area contributed by atoms with Crippen LogP contribution >= 0.6 is 11.8 Å². The van der Waals surface area contributed by atoms with Crippen molar-refractivity contribution in [3.63, 3.8) is 0 Å². The third-order valence-corrected chi connectivity index (χ3v) is 4.01. The van der Waals surface area contributed by atoms with Crippen molar-refractivity contribution in [2.45, 2.75) is 18.7 Å². The SMILES string of the molecule is Cc1ccc(SCC(=O)Nc2cccc(N)c2)cc1C. The van der Waals surface area contributed by atoms with Crippen molar-refractivity contribution in [1.82, 2.24) is 0 Å². The minimum absolute atomic E-state index is 0.0289. The van der Waals surface area contributed by atoms with Crippen LogP contribution in [0.1, 0.15) is 11.1 Å². The molecule has 0 saturated carbocycles. The van der Waals surface area contributed by atoms with E-state index in [-0.39, 0.29) is 5.91 Å². The van der Waals surface area contributed by atoms with Gasteiger partial charge in [0, 0.05) is 16.3 Å². The Hall–Kier alpha value is -1.94. The predicted octanol–water partition coefficient (Wildman–Crippen LogP) is 3.62. The molecule has 0 saturated heterocycles. The van der Waals surface area contributed by atoms with Crippen molar-refractivity contribution >= 4 is 29.0 Å². The van der Waals surface area contributed by atoms with Gasteiger partial charge in [-0.2, -0.15) is 0 Å². The summed E-state index contributed by atoms with van der Waals surface area (Å²) in [6, 6.07) is 13.4. The van der Waals surface area contributed by atoms with Gasteiger partial charge in [0.2, 0.25) is 5.91 Å². The number of hydrogen-bond acceptors (Lipinski definition) is 3. The molecule has 104 valence electrons. The van der Waals surface area contributed by atoms with Crippen LogP contribution in [0.2, 0.25) is 0 Å². The normalized spacial score (nSPS) is 10.3. The zero-order valence-electron chi connectivity index (χ0n) is 11.6. The number of carbonyl (C=O) groups is 1. The van der Waals surface area contributed by atoms with Crippen molar-refractivity contribution in [3.05, 3.63) is 53.6 Å². The molecule has 3 N–H and O–H groups in total. The quantitative estimate of drug-likeness (QED) is 0.667. The van der Waals surface area contributed by atoms with Crippen molar-refractivity contribution in [3.8, 4) is 0 Å². The first-order valence-electron chi connectivity index (χ1n) is 6.40. The number of nitrogens with two attached hydrogens (primary N) is 1. The number of amides is 1. The summed E-state index contributed by atoms with van der Waals surface area (Å²) in [5.74, 6) is 0.357. The Morgan fingerprint density at radius 3 is 2.65 bits per heavy atom. The summed E-state index contributed by atoms with van der Waals surface area (Å²) >= 11 is 1.53. The minimum atomic E-state index is -0.0289. The summed E-state index contributed by atoms with van der Waals surface area (Å²) in [6.07, 6.45) is 0. The first kappa shape index (κ1) is 14.5. The van der Waals surface area contributed by atoms with Crippen LogP contribution in [0.5, 0.6) is 0 Å². The van der Waals surface area contributed by atoms with Gasteiger partial charge < -0.3 is 11.1 Å². The van der Waals surface area contributed by atoms with Crippen molar-refractivity contribution in [1.29, 1.82) is 0 Å². The molecule has 0 aromatic heterocycles. The number of nitrogens with one attached hydrogen (secondary N) is 1. The van der Waals surface area contributed by atoms with Crippen molar-refractivity contribution < 1.29 is 4.79 Å². The maximum absolute atomic E-state index is 11.9. The molecule has 0 radical (unpaired) electrons. The van der Waals surface area contributed by atoms with Gasteiger partial charge in [-0.25, -0.2) is 0 Å². The fraction of sp³-hybridized carbons (Fsp3) is 0.188. The lowest BCUT2D eigenvalue weighted by molar-refractivity contribution is -0.113. The topological polar surface area (TPSA) is 55.1 Å². The van der Waals surface area contributed by atoms with E-state index in [1.807, 2.05) is 18.2 Å². The third kappa shape index (κ3) is 4.03. The van der Waals surface area contributed by atoms with Gasteiger partial charge in [0.15, 0.2) is 0 Å². The Kier molecular flexibility index (Phi) is 4.69. The minimum Gasteiger partial charge on any atom is -0.399 e. The van der Waals surface area contributed by atoms with Crippen LogP contribution in [-0.2, 0) is 4.79 Å². The Bertz CT molecular complexity index is 626. The molecule has 0 unspecified atom stereocenters. The first-order chi connectivity index (χ1) is 9.54. The van der Waals surface area contributed by atoms with Gasteiger partial charge in [0.05, 0.1) is 5.75 Å². The Morgan fingerprint density at radius 1 is 1.15 bits per heavy atom. The van der Waals surface area contributed by atoms with Gasteiger partial charge in [-0.05, 0) is 55.3 Å². The monoisotopic (exact) mass is 286 g/mol. The van der Waals surface area contributed by atoms with E-state index in [4.69, 9.17) is 5.73 Å². The predicted molar refractivity (Wildman–Crippen MR) is 86.1 cm³/mol. The summed E-state index contributed by atoms with van der Waals surface area (Å²) < 4.78 is 0. The van der Waals surface area contributed by atoms with Gasteiger partial charge in [-0.15, -0.1) is 11.8 Å². The van der Waals surface area contributed by atoms with Crippen LogP contribution < -0.4 is 11.1 Å². The summed E-state index contributed by atoms with van der Waals surface area (Å²) in [7, 11) is 0. The second-order valence-corrected chi connectivity index (χ2v) is 5.76. The standard InChI is InChI=1S/C16H18N2OS/c1-11-6-7-15(8-12(11)2)20-10-16(19)18-14-5-3-4-13(17)9-14/h3-9H,10,17H2,1-2H3,(H,18,19). The smallest absolute Gasteiger partial charge is 0.234 e. The van der Waals surface area contributed by atoms with Crippen LogP contribution in [0.25, 0.3) is 0 Å². The van der Waals surface area contributed by atoms with E-state index in [1.54, 1.807) is 12.1 Å². The molecule has 2 rings (SSSR count). The molecule has 0 bridgehead atoms. The van der Waals surface area contributed by atoms with E-state index >= 15 is 0 Å². The number of rotatable bonds is 4. The number of hydrogen-bond donors (Lipinski definition) is 2. The van der Waals surface area contributed by atoms with Crippen LogP contribution in [-0.4, -0.2) is 11.7 Å². The van der Waals surface area contributed by atoms with Crippen LogP contribution in [0.3, 0.4) is 0 Å². The highest BCUT2D eigenvalue weighted by Gasteiger charge is 2.04. The van der Waals surface area contributed by atoms with Gasteiger partial charge in [-0.3, -0.25) is 4.79 Å². The van der Waals surface area contributed by atoms with E-state index in [0.29, 0.717) is 11.4 Å². The zero-order chi connectivity index (χ0) is 14.5. The molecule has 0 aliphatic carbocycles. The van der Waals surface area contributed by atoms with Gasteiger partial charge in [0.1, 0.15) is 0 Å². The lowest BCUT2D eigenvalue weighted by Crippen LogP contribution is -2.14. The summed E-state index contributed by atoms with van der Waals surface area (Å²) in [5.41, 5.74) is 9.55. The maximum atomic E-state index is 11.9. The highest BCUT2D eigenvalue weighted by atomic mass is 32.2. The van der Waals surface area contributed by atoms with Gasteiger partial charge >= 0.3 is 0 Å². The lowest BCUT2D eigenvalue weighted by atomic mass is 10.1. The number of aryl methyl sites for hydroxylation is 2. The largest absolute Gasteiger partial charge is 0.399 e. The maximum Gasteiger partial charge on any atom is 0.234 e. The molecule has 3 nitrogen and oxygen atoms in total. The summed E-state index contributed by atoms with van der Waals surface area (Å²) in [4.78, 5) is 13.0. The average Bonchev–Trinajstić information content (AvgIpc) is 2.40. The molecule has 4 heteroatoms. The number of benzene rings is 2. The zero-order valence-corrected chi connectivity index (χ0v) is 12.5. The Morgan fingerprint density at radius 2 is 1.95 bits per heavy atom. The fourth-order valence-corrected chi connectivity index (χ4v) is 2.56. The van der Waals surface area contributed by atoms with Crippen molar-refractivity contribution in [2.24, 2.45) is 0 Å². The molecule has 2 aromatic rings. The lowest BCUT2D eigenvalue weighted by Gasteiger charge is -2.07. The fourth-order valence-electron chi connectivity index (χ4n) is 1.77. The number of anilines is 2. The molecule has 0 atom stereocenters. The van der Waals surface area contributed by atoms with Gasteiger partial charge in [0.25, 0.3) is 0 Å². The molecule has 0 fully saturated rings. The summed E-state index contributed by atoms with van der Waals surface area (Å²) in [6.45, 7) is 4.16. The molecule has 0 aliphatic rings. The van der Waals surface area contributed by atoms with Crippen LogP contribution in [0.15, 0.2) is 47.4 Å². The third-order valence-electron chi connectivity index (χ3n) is 3.02. The number of nitrogen functional groups attached to an aromatic ring is 1. The molecule has 20 heavy (non-hydrogen) atoms. The van der Waals surface area contributed by atoms with E-state index in [2.05, 4.69) is 31.3 Å². The number of carbonyl (C=O) groups excluding carboxylic acids is 1. The molecule has 0 heterocycles. The molecule has 2 aromatic carbocycles. The highest BCUT2D eigenvalue weighted by molar-refractivity contribution is 8.00. The molecular weight excluding hydrogens is 268 g/mol. The summed E-state index contributed by atoms with van der Waals surface area (Å²) in [5, 5.41) is 2.84. The van der Waals surface area contributed by atoms with E-state index in [0.717, 1.165) is 10.6 Å². The second kappa shape index (κ2) is 6.48. The molecule has 1 amide bonds. The van der Waals surface area contributed by atoms with Gasteiger partial charge in [-0.1, -0.05) is 12.1 Å². The van der Waals surface area contributed by atoms with Crippen LogP contribution in [0, 0.1) is 13.8 Å². The molecule has 0 aliphatic heterocycles. The van der Waals surface area contributed by atoms with E-state index < -0.39 is 0 Å². The van der Waals surface area contributed by atoms with Crippen molar-refractivity contribution in [2.75, 3.05) is 16.8 Å². The average molecular weight is 286 g/mol. The van der Waals surface area contributed by atoms with E-state index in [9.17, 15) is 4.79 Å². The second-order valence-electron chi connectivity index (χ2n) is 4.71. The highest BCUT2D eigenvalue weighted by Crippen LogP contribution is 2.21. The Labute approximate surface area is 123 Å². The molecular formula is C16H18N2OS. The Balaban J connectivity index is 1.90.